The fourth-order valence-electron chi connectivity index (χ4n) is 2.39. The van der Waals surface area contributed by atoms with Crippen LogP contribution in [0, 0.1) is 0 Å². The van der Waals surface area contributed by atoms with Crippen molar-refractivity contribution in [2.24, 2.45) is 4.99 Å². The van der Waals surface area contributed by atoms with E-state index in [0.29, 0.717) is 0 Å². The monoisotopic (exact) mass is 313 g/mol. The largest absolute Gasteiger partial charge is 0.357 e. The Hall–Kier alpha value is -2.30. The summed E-state index contributed by atoms with van der Waals surface area (Å²) in [5, 5.41) is 3.36. The van der Waals surface area contributed by atoms with Crippen LogP contribution < -0.4 is 5.32 Å². The summed E-state index contributed by atoms with van der Waals surface area (Å²) in [5.74, 6) is 0.937. The summed E-state index contributed by atoms with van der Waals surface area (Å²) in [4.78, 5) is 10.9. The van der Waals surface area contributed by atoms with Crippen LogP contribution in [0.4, 0.5) is 0 Å². The fourth-order valence-corrected chi connectivity index (χ4v) is 2.39. The molecule has 0 aliphatic rings. The molecule has 0 saturated heterocycles. The molecule has 0 radical (unpaired) electrons. The molecule has 0 aliphatic heterocycles. The number of aryl methyl sites for hydroxylation is 1. The molecule has 23 heavy (non-hydrogen) atoms. The normalized spacial score (nSPS) is 11.5. The lowest BCUT2D eigenvalue weighted by molar-refractivity contribution is 0.475. The lowest BCUT2D eigenvalue weighted by Gasteiger charge is -2.22. The molecule has 0 unspecified atom stereocenters. The Morgan fingerprint density at radius 3 is 2.57 bits per heavy atom. The van der Waals surface area contributed by atoms with Crippen molar-refractivity contribution in [2.45, 2.75) is 33.4 Å². The Labute approximate surface area is 139 Å². The van der Waals surface area contributed by atoms with Crippen LogP contribution in [0.1, 0.15) is 25.0 Å². The van der Waals surface area contributed by atoms with Gasteiger partial charge in [0.15, 0.2) is 5.96 Å². The van der Waals surface area contributed by atoms with Gasteiger partial charge < -0.3 is 14.8 Å². The van der Waals surface area contributed by atoms with E-state index in [9.17, 15) is 0 Å². The highest BCUT2D eigenvalue weighted by Gasteiger charge is 2.06. The van der Waals surface area contributed by atoms with Gasteiger partial charge in [-0.3, -0.25) is 4.99 Å². The van der Waals surface area contributed by atoms with Crippen LogP contribution >= 0.6 is 0 Å². The molecule has 0 spiro atoms. The fraction of sp³-hybridized carbons (Fsp3) is 0.444. The van der Waals surface area contributed by atoms with Gasteiger partial charge in [0.25, 0.3) is 0 Å². The summed E-state index contributed by atoms with van der Waals surface area (Å²) in [5.41, 5.74) is 2.67. The summed E-state index contributed by atoms with van der Waals surface area (Å²) in [6.45, 7) is 7.56. The summed E-state index contributed by atoms with van der Waals surface area (Å²) in [6.07, 6.45) is 6.65. The van der Waals surface area contributed by atoms with Gasteiger partial charge in [-0.15, -0.1) is 0 Å². The van der Waals surface area contributed by atoms with Gasteiger partial charge in [-0.05, 0) is 24.5 Å². The number of aromatic nitrogens is 2. The Morgan fingerprint density at radius 2 is 1.96 bits per heavy atom. The maximum absolute atomic E-state index is 4.70. The molecule has 124 valence electrons. The first-order valence-electron chi connectivity index (χ1n) is 8.26. The van der Waals surface area contributed by atoms with Crippen LogP contribution in [0.5, 0.6) is 0 Å². The van der Waals surface area contributed by atoms with Crippen molar-refractivity contribution in [2.75, 3.05) is 20.1 Å². The van der Waals surface area contributed by atoms with E-state index in [1.54, 1.807) is 6.20 Å². The second-order valence-electron chi connectivity index (χ2n) is 5.56. The third-order valence-corrected chi connectivity index (χ3v) is 3.73. The van der Waals surface area contributed by atoms with E-state index in [1.807, 2.05) is 17.1 Å². The average molecular weight is 313 g/mol. The summed E-state index contributed by atoms with van der Waals surface area (Å²) in [6, 6.07) is 8.80. The van der Waals surface area contributed by atoms with E-state index in [1.165, 1.54) is 11.1 Å². The Bertz CT molecular complexity index is 586. The molecule has 2 rings (SSSR count). The van der Waals surface area contributed by atoms with Crippen LogP contribution in [0.15, 0.2) is 48.0 Å². The molecule has 0 amide bonds. The number of nitrogens with one attached hydrogen (secondary N) is 1. The lowest BCUT2D eigenvalue weighted by atomic mass is 10.1. The molecule has 1 N–H and O–H groups in total. The van der Waals surface area contributed by atoms with Crippen molar-refractivity contribution in [3.8, 4) is 0 Å². The molecule has 0 atom stereocenters. The summed E-state index contributed by atoms with van der Waals surface area (Å²) in [7, 11) is 2.08. The number of guanidine groups is 1. The second kappa shape index (κ2) is 8.98. The quantitative estimate of drug-likeness (QED) is 0.631. The van der Waals surface area contributed by atoms with Crippen LogP contribution in [0.2, 0.25) is 0 Å². The van der Waals surface area contributed by atoms with Gasteiger partial charge in [-0.25, -0.2) is 4.98 Å². The average Bonchev–Trinajstić information content (AvgIpc) is 3.08. The molecule has 1 aromatic carbocycles. The van der Waals surface area contributed by atoms with E-state index in [2.05, 4.69) is 60.4 Å². The lowest BCUT2D eigenvalue weighted by Crippen LogP contribution is -2.38. The number of hydrogen-bond acceptors (Lipinski definition) is 2. The van der Waals surface area contributed by atoms with Crippen molar-refractivity contribution in [3.63, 3.8) is 0 Å². The number of rotatable bonds is 7. The molecule has 5 nitrogen and oxygen atoms in total. The van der Waals surface area contributed by atoms with Gasteiger partial charge in [0.05, 0.1) is 12.9 Å². The highest BCUT2D eigenvalue weighted by molar-refractivity contribution is 5.79. The molecular weight excluding hydrogens is 286 g/mol. The predicted octanol–water partition coefficient (Wildman–Crippen LogP) is 2.54. The smallest absolute Gasteiger partial charge is 0.194 e. The zero-order valence-electron chi connectivity index (χ0n) is 14.4. The van der Waals surface area contributed by atoms with Gasteiger partial charge in [0.1, 0.15) is 0 Å². The number of benzene rings is 1. The van der Waals surface area contributed by atoms with E-state index in [-0.39, 0.29) is 0 Å². The molecule has 5 heteroatoms. The van der Waals surface area contributed by atoms with Crippen LogP contribution in [-0.2, 0) is 19.5 Å². The Morgan fingerprint density at radius 1 is 1.22 bits per heavy atom. The van der Waals surface area contributed by atoms with E-state index in [0.717, 1.165) is 38.6 Å². The second-order valence-corrected chi connectivity index (χ2v) is 5.56. The maximum atomic E-state index is 4.70. The standard InChI is InChI=1S/C18H27N5/c1-4-16-6-8-17(9-7-16)14-22(3)18(20-5-2)21-11-13-23-12-10-19-15-23/h6-10,12,15H,4-5,11,13-14H2,1-3H3,(H,20,21). The first-order valence-corrected chi connectivity index (χ1v) is 8.26. The maximum Gasteiger partial charge on any atom is 0.194 e. The van der Waals surface area contributed by atoms with Gasteiger partial charge in [-0.1, -0.05) is 31.2 Å². The minimum Gasteiger partial charge on any atom is -0.357 e. The molecular formula is C18H27N5. The van der Waals surface area contributed by atoms with Crippen LogP contribution in [-0.4, -0.2) is 40.5 Å². The first-order chi connectivity index (χ1) is 11.2. The predicted molar refractivity (Wildman–Crippen MR) is 95.5 cm³/mol. The molecule has 1 aromatic heterocycles. The number of hydrogen-bond donors (Lipinski definition) is 1. The van der Waals surface area contributed by atoms with Crippen LogP contribution in [0.3, 0.4) is 0 Å². The molecule has 0 aliphatic carbocycles. The highest BCUT2D eigenvalue weighted by Crippen LogP contribution is 2.07. The van der Waals surface area contributed by atoms with Crippen molar-refractivity contribution in [3.05, 3.63) is 54.1 Å². The topological polar surface area (TPSA) is 45.5 Å². The van der Waals surface area contributed by atoms with Crippen molar-refractivity contribution < 1.29 is 0 Å². The molecule has 0 fully saturated rings. The van der Waals surface area contributed by atoms with Gasteiger partial charge in [0, 0.05) is 39.1 Å². The van der Waals surface area contributed by atoms with E-state index >= 15 is 0 Å². The minimum atomic E-state index is 0.734. The Balaban J connectivity index is 1.94. The van der Waals surface area contributed by atoms with E-state index < -0.39 is 0 Å². The van der Waals surface area contributed by atoms with E-state index in [4.69, 9.17) is 4.99 Å². The van der Waals surface area contributed by atoms with Crippen molar-refractivity contribution >= 4 is 5.96 Å². The number of nitrogens with zero attached hydrogens (tertiary/aromatic N) is 4. The van der Waals surface area contributed by atoms with Crippen molar-refractivity contribution in [1.82, 2.24) is 19.8 Å². The molecule has 2 aromatic rings. The number of aliphatic imine (C=N–C) groups is 1. The van der Waals surface area contributed by atoms with Gasteiger partial charge in [0.2, 0.25) is 0 Å². The minimum absolute atomic E-state index is 0.734. The zero-order chi connectivity index (χ0) is 16.5. The number of imidazole rings is 1. The molecule has 0 saturated carbocycles. The third-order valence-electron chi connectivity index (χ3n) is 3.73. The summed E-state index contributed by atoms with van der Waals surface area (Å²) < 4.78 is 2.04. The van der Waals surface area contributed by atoms with Crippen molar-refractivity contribution in [1.29, 1.82) is 0 Å². The SMILES string of the molecule is CCNC(=NCCn1ccnc1)N(C)Cc1ccc(CC)cc1. The highest BCUT2D eigenvalue weighted by atomic mass is 15.3. The first kappa shape index (κ1) is 17.1. The summed E-state index contributed by atoms with van der Waals surface area (Å²) >= 11 is 0. The Kier molecular flexibility index (Phi) is 6.66. The third kappa shape index (κ3) is 5.43. The van der Waals surface area contributed by atoms with Gasteiger partial charge in [-0.2, -0.15) is 0 Å². The molecule has 1 heterocycles. The zero-order valence-corrected chi connectivity index (χ0v) is 14.4. The molecule has 0 bridgehead atoms. The van der Waals surface area contributed by atoms with Crippen LogP contribution in [0.25, 0.3) is 0 Å². The van der Waals surface area contributed by atoms with Gasteiger partial charge >= 0.3 is 0 Å².